The van der Waals surface area contributed by atoms with E-state index in [9.17, 15) is 0 Å². The molecule has 2 aromatic rings. The summed E-state index contributed by atoms with van der Waals surface area (Å²) in [5, 5.41) is 5.69. The molecule has 108 valence electrons. The molecule has 0 fully saturated rings. The summed E-state index contributed by atoms with van der Waals surface area (Å²) in [7, 11) is 4.22. The molecule has 1 aromatic carbocycles. The van der Waals surface area contributed by atoms with Crippen molar-refractivity contribution in [1.29, 1.82) is 0 Å². The van der Waals surface area contributed by atoms with Crippen LogP contribution in [-0.2, 0) is 0 Å². The lowest BCUT2D eigenvalue weighted by Gasteiger charge is -2.13. The van der Waals surface area contributed by atoms with Gasteiger partial charge in [0.05, 0.1) is 0 Å². The first kappa shape index (κ1) is 14.6. The van der Waals surface area contributed by atoms with Crippen LogP contribution in [0.25, 0.3) is 10.8 Å². The van der Waals surface area contributed by atoms with Gasteiger partial charge in [-0.15, -0.1) is 0 Å². The maximum Gasteiger partial charge on any atom is 0.0422 e. The molecule has 3 N–H and O–H groups in total. The van der Waals surface area contributed by atoms with Crippen molar-refractivity contribution in [2.24, 2.45) is 0 Å². The Morgan fingerprint density at radius 2 is 2.00 bits per heavy atom. The molecule has 0 saturated carbocycles. The lowest BCUT2D eigenvalue weighted by atomic mass is 10.1. The lowest BCUT2D eigenvalue weighted by molar-refractivity contribution is 0.396. The molecule has 2 rings (SSSR count). The van der Waals surface area contributed by atoms with Gasteiger partial charge in [0.25, 0.3) is 0 Å². The lowest BCUT2D eigenvalue weighted by Crippen LogP contribution is -2.14. The SMILES string of the molecule is Cc1cc2c(NCCCCN(C)C)ccc(N)c2cn1. The normalized spacial score (nSPS) is 11.2. The number of nitrogens with two attached hydrogens (primary N) is 1. The van der Waals surface area contributed by atoms with Crippen molar-refractivity contribution >= 4 is 22.1 Å². The largest absolute Gasteiger partial charge is 0.398 e. The Kier molecular flexibility index (Phi) is 4.79. The monoisotopic (exact) mass is 272 g/mol. The van der Waals surface area contributed by atoms with E-state index in [1.54, 1.807) is 0 Å². The number of unbranched alkanes of at least 4 members (excludes halogenated alkanes) is 1. The van der Waals surface area contributed by atoms with E-state index in [0.29, 0.717) is 0 Å². The molecule has 0 amide bonds. The summed E-state index contributed by atoms with van der Waals surface area (Å²) in [6.07, 6.45) is 4.22. The van der Waals surface area contributed by atoms with Gasteiger partial charge in [0, 0.05) is 40.6 Å². The number of aryl methyl sites for hydroxylation is 1. The first-order chi connectivity index (χ1) is 9.58. The Hall–Kier alpha value is -1.81. The highest BCUT2D eigenvalue weighted by Gasteiger charge is 2.04. The maximum atomic E-state index is 6.01. The van der Waals surface area contributed by atoms with Crippen molar-refractivity contribution in [3.8, 4) is 0 Å². The van der Waals surface area contributed by atoms with Crippen molar-refractivity contribution in [2.75, 3.05) is 38.2 Å². The molecule has 0 radical (unpaired) electrons. The van der Waals surface area contributed by atoms with Gasteiger partial charge < -0.3 is 16.0 Å². The van der Waals surface area contributed by atoms with Crippen LogP contribution in [-0.4, -0.2) is 37.1 Å². The first-order valence-corrected chi connectivity index (χ1v) is 7.11. The van der Waals surface area contributed by atoms with Gasteiger partial charge >= 0.3 is 0 Å². The summed E-state index contributed by atoms with van der Waals surface area (Å²) in [6.45, 7) is 4.12. The van der Waals surface area contributed by atoms with Gasteiger partial charge in [0.2, 0.25) is 0 Å². The predicted molar refractivity (Wildman–Crippen MR) is 87.2 cm³/mol. The molecule has 1 heterocycles. The second-order valence-corrected chi connectivity index (χ2v) is 5.51. The molecule has 0 aliphatic carbocycles. The number of anilines is 2. The maximum absolute atomic E-state index is 6.01. The van der Waals surface area contributed by atoms with E-state index >= 15 is 0 Å². The van der Waals surface area contributed by atoms with Gasteiger partial charge in [0.15, 0.2) is 0 Å². The molecule has 4 nitrogen and oxygen atoms in total. The van der Waals surface area contributed by atoms with Gasteiger partial charge in [-0.25, -0.2) is 0 Å². The van der Waals surface area contributed by atoms with Crippen molar-refractivity contribution < 1.29 is 0 Å². The number of nitrogen functional groups attached to an aromatic ring is 1. The van der Waals surface area contributed by atoms with Gasteiger partial charge in [-0.3, -0.25) is 4.98 Å². The molecule has 20 heavy (non-hydrogen) atoms. The Morgan fingerprint density at radius 1 is 1.20 bits per heavy atom. The van der Waals surface area contributed by atoms with E-state index in [-0.39, 0.29) is 0 Å². The van der Waals surface area contributed by atoms with Crippen molar-refractivity contribution in [1.82, 2.24) is 9.88 Å². The highest BCUT2D eigenvalue weighted by atomic mass is 15.0. The minimum atomic E-state index is 0.783. The second-order valence-electron chi connectivity index (χ2n) is 5.51. The Labute approximate surface area is 121 Å². The second kappa shape index (κ2) is 6.57. The van der Waals surface area contributed by atoms with Crippen LogP contribution in [0.4, 0.5) is 11.4 Å². The summed E-state index contributed by atoms with van der Waals surface area (Å²) in [4.78, 5) is 6.54. The van der Waals surface area contributed by atoms with Gasteiger partial charge in [-0.05, 0) is 58.6 Å². The van der Waals surface area contributed by atoms with Crippen LogP contribution in [0, 0.1) is 6.92 Å². The minimum absolute atomic E-state index is 0.783. The molecule has 0 unspecified atom stereocenters. The van der Waals surface area contributed by atoms with Crippen LogP contribution in [0.5, 0.6) is 0 Å². The number of pyridine rings is 1. The van der Waals surface area contributed by atoms with Crippen LogP contribution in [0.15, 0.2) is 24.4 Å². The first-order valence-electron chi connectivity index (χ1n) is 7.11. The minimum Gasteiger partial charge on any atom is -0.398 e. The highest BCUT2D eigenvalue weighted by Crippen LogP contribution is 2.28. The van der Waals surface area contributed by atoms with Gasteiger partial charge in [-0.2, -0.15) is 0 Å². The Bertz CT molecular complexity index is 578. The average molecular weight is 272 g/mol. The molecular formula is C16H24N4. The fraction of sp³-hybridized carbons (Fsp3) is 0.438. The van der Waals surface area contributed by atoms with Crippen LogP contribution in [0.2, 0.25) is 0 Å². The number of benzene rings is 1. The topological polar surface area (TPSA) is 54.2 Å². The van der Waals surface area contributed by atoms with Crippen LogP contribution >= 0.6 is 0 Å². The van der Waals surface area contributed by atoms with Crippen LogP contribution < -0.4 is 11.1 Å². The number of hydrogen-bond acceptors (Lipinski definition) is 4. The number of nitrogens with one attached hydrogen (secondary N) is 1. The highest BCUT2D eigenvalue weighted by molar-refractivity contribution is 6.00. The van der Waals surface area contributed by atoms with E-state index < -0.39 is 0 Å². The third-order valence-electron chi connectivity index (χ3n) is 3.42. The standard InChI is InChI=1S/C16H24N4/c1-12-10-13-14(11-19-12)15(17)6-7-16(13)18-8-4-5-9-20(2)3/h6-7,10-11,18H,4-5,8-9,17H2,1-3H3. The van der Waals surface area contributed by atoms with Gasteiger partial charge in [0.1, 0.15) is 0 Å². The van der Waals surface area contributed by atoms with Crippen molar-refractivity contribution in [2.45, 2.75) is 19.8 Å². The third kappa shape index (κ3) is 3.61. The molecule has 0 bridgehead atoms. The molecule has 0 spiro atoms. The van der Waals surface area contributed by atoms with E-state index in [4.69, 9.17) is 5.73 Å². The van der Waals surface area contributed by atoms with E-state index in [1.807, 2.05) is 19.2 Å². The fourth-order valence-corrected chi connectivity index (χ4v) is 2.30. The fourth-order valence-electron chi connectivity index (χ4n) is 2.30. The Morgan fingerprint density at radius 3 is 2.75 bits per heavy atom. The summed E-state index contributed by atoms with van der Waals surface area (Å²) >= 11 is 0. The number of nitrogens with zero attached hydrogens (tertiary/aromatic N) is 2. The Balaban J connectivity index is 2.06. The van der Waals surface area contributed by atoms with Crippen molar-refractivity contribution in [3.63, 3.8) is 0 Å². The molecule has 0 aliphatic heterocycles. The zero-order valence-electron chi connectivity index (χ0n) is 12.6. The van der Waals surface area contributed by atoms with Crippen molar-refractivity contribution in [3.05, 3.63) is 30.1 Å². The van der Waals surface area contributed by atoms with Crippen LogP contribution in [0.1, 0.15) is 18.5 Å². The summed E-state index contributed by atoms with van der Waals surface area (Å²) in [5.74, 6) is 0. The number of aromatic nitrogens is 1. The molecular weight excluding hydrogens is 248 g/mol. The van der Waals surface area contributed by atoms with Crippen LogP contribution in [0.3, 0.4) is 0 Å². The average Bonchev–Trinajstić information content (AvgIpc) is 2.40. The number of rotatable bonds is 6. The smallest absolute Gasteiger partial charge is 0.0422 e. The quantitative estimate of drug-likeness (QED) is 0.627. The zero-order valence-corrected chi connectivity index (χ0v) is 12.6. The zero-order chi connectivity index (χ0) is 14.5. The molecule has 1 aromatic heterocycles. The van der Waals surface area contributed by atoms with E-state index in [1.165, 1.54) is 6.42 Å². The number of fused-ring (bicyclic) bond motifs is 1. The summed E-state index contributed by atoms with van der Waals surface area (Å²) in [6, 6.07) is 6.10. The molecule has 4 heteroatoms. The van der Waals surface area contributed by atoms with E-state index in [2.05, 4.69) is 41.4 Å². The molecule has 0 atom stereocenters. The molecule has 0 saturated heterocycles. The van der Waals surface area contributed by atoms with Gasteiger partial charge in [-0.1, -0.05) is 0 Å². The molecule has 0 aliphatic rings. The number of hydrogen-bond donors (Lipinski definition) is 2. The summed E-state index contributed by atoms with van der Waals surface area (Å²) < 4.78 is 0. The third-order valence-corrected chi connectivity index (χ3v) is 3.42. The predicted octanol–water partition coefficient (Wildman–Crippen LogP) is 2.88. The van der Waals surface area contributed by atoms with E-state index in [0.717, 1.165) is 47.4 Å². The summed E-state index contributed by atoms with van der Waals surface area (Å²) in [5.41, 5.74) is 8.95.